The second-order valence-electron chi connectivity index (χ2n) is 6.18. The molecule has 0 amide bonds. The number of rotatable bonds is 5. The molecule has 0 fully saturated rings. The van der Waals surface area contributed by atoms with Crippen LogP contribution in [0.4, 0.5) is 0 Å². The highest BCUT2D eigenvalue weighted by Crippen LogP contribution is 2.20. The molecule has 2 heterocycles. The molecule has 0 saturated carbocycles. The normalized spacial score (nSPS) is 16.8. The van der Waals surface area contributed by atoms with Crippen molar-refractivity contribution < 1.29 is 9.90 Å². The maximum absolute atomic E-state index is 12.2. The first-order valence-electron chi connectivity index (χ1n) is 8.07. The third-order valence-corrected chi connectivity index (χ3v) is 4.48. The number of carbonyl (C=O) groups excluding carboxylic acids is 1. The van der Waals surface area contributed by atoms with Crippen LogP contribution < -0.4 is 5.32 Å². The van der Waals surface area contributed by atoms with E-state index < -0.39 is 6.10 Å². The van der Waals surface area contributed by atoms with Crippen molar-refractivity contribution in [2.45, 2.75) is 44.9 Å². The van der Waals surface area contributed by atoms with Gasteiger partial charge in [0.25, 0.3) is 0 Å². The molecule has 0 spiro atoms. The van der Waals surface area contributed by atoms with Crippen molar-refractivity contribution in [3.05, 3.63) is 65.0 Å². The molecule has 25 heavy (non-hydrogen) atoms. The highest BCUT2D eigenvalue weighted by Gasteiger charge is 2.24. The molecule has 3 rings (SSSR count). The first-order chi connectivity index (χ1) is 11.1. The topological polar surface area (TPSA) is 62.2 Å². The number of carbonyl (C=O) groups is 1. The molecule has 0 aliphatic carbocycles. The predicted octanol–water partition coefficient (Wildman–Crippen LogP) is 3.27. The van der Waals surface area contributed by atoms with Crippen LogP contribution in [0.3, 0.4) is 0 Å². The van der Waals surface area contributed by atoms with Crippen LogP contribution in [0.1, 0.15) is 40.0 Å². The molecule has 0 saturated heterocycles. The number of aliphatic hydroxyl groups excluding tert-OH is 1. The lowest BCUT2D eigenvalue weighted by atomic mass is 9.91. The van der Waals surface area contributed by atoms with Gasteiger partial charge >= 0.3 is 0 Å². The van der Waals surface area contributed by atoms with E-state index in [1.54, 1.807) is 12.3 Å². The lowest BCUT2D eigenvalue weighted by Crippen LogP contribution is -2.44. The minimum Gasteiger partial charge on any atom is -0.391 e. The van der Waals surface area contributed by atoms with Gasteiger partial charge in [-0.2, -0.15) is 0 Å². The van der Waals surface area contributed by atoms with Crippen molar-refractivity contribution in [3.63, 3.8) is 0 Å². The van der Waals surface area contributed by atoms with Crippen molar-refractivity contribution in [1.82, 2.24) is 10.3 Å². The molecule has 0 bridgehead atoms. The van der Waals surface area contributed by atoms with Crippen LogP contribution >= 0.6 is 24.8 Å². The van der Waals surface area contributed by atoms with Gasteiger partial charge in [-0.25, -0.2) is 0 Å². The van der Waals surface area contributed by atoms with Gasteiger partial charge < -0.3 is 10.4 Å². The molecule has 136 valence electrons. The third-order valence-electron chi connectivity index (χ3n) is 4.48. The van der Waals surface area contributed by atoms with E-state index in [4.69, 9.17) is 0 Å². The molecular weight excluding hydrogens is 359 g/mol. The zero-order chi connectivity index (χ0) is 16.2. The number of nitrogens with zero attached hydrogens (tertiary/aromatic N) is 1. The average molecular weight is 383 g/mol. The van der Waals surface area contributed by atoms with Gasteiger partial charge in [-0.1, -0.05) is 24.3 Å². The number of fused-ring (bicyclic) bond motifs is 1. The van der Waals surface area contributed by atoms with E-state index in [2.05, 4.69) is 22.4 Å². The zero-order valence-corrected chi connectivity index (χ0v) is 15.8. The minimum atomic E-state index is -0.522. The number of ketones is 1. The SMILES string of the molecule is Cc1ccc(C(=O)CC[C@@H](O)[C@@H]2Cc3ccccc3CN2)cn1.Cl.Cl. The van der Waals surface area contributed by atoms with Gasteiger partial charge in [0, 0.05) is 36.5 Å². The Kier molecular flexibility index (Phi) is 8.53. The van der Waals surface area contributed by atoms with Gasteiger partial charge in [-0.3, -0.25) is 9.78 Å². The Labute approximate surface area is 160 Å². The number of halogens is 2. The Morgan fingerprint density at radius 1 is 1.24 bits per heavy atom. The third kappa shape index (κ3) is 5.51. The van der Waals surface area contributed by atoms with Crippen LogP contribution in [0.5, 0.6) is 0 Å². The van der Waals surface area contributed by atoms with Gasteiger partial charge in [0.1, 0.15) is 0 Å². The van der Waals surface area contributed by atoms with E-state index >= 15 is 0 Å². The Morgan fingerprint density at radius 3 is 2.64 bits per heavy atom. The highest BCUT2D eigenvalue weighted by atomic mass is 35.5. The zero-order valence-electron chi connectivity index (χ0n) is 14.1. The van der Waals surface area contributed by atoms with Gasteiger partial charge in [-0.15, -0.1) is 24.8 Å². The van der Waals surface area contributed by atoms with Crippen LogP contribution in [0.25, 0.3) is 0 Å². The summed E-state index contributed by atoms with van der Waals surface area (Å²) in [4.78, 5) is 16.3. The summed E-state index contributed by atoms with van der Waals surface area (Å²) in [5.74, 6) is 0.0350. The molecule has 0 radical (unpaired) electrons. The number of hydrogen-bond donors (Lipinski definition) is 2. The summed E-state index contributed by atoms with van der Waals surface area (Å²) >= 11 is 0. The number of benzene rings is 1. The summed E-state index contributed by atoms with van der Waals surface area (Å²) in [7, 11) is 0. The van der Waals surface area contributed by atoms with E-state index in [-0.39, 0.29) is 36.6 Å². The van der Waals surface area contributed by atoms with Gasteiger partial charge in [0.2, 0.25) is 0 Å². The van der Waals surface area contributed by atoms with Crippen LogP contribution in [0, 0.1) is 6.92 Å². The minimum absolute atomic E-state index is 0. The van der Waals surface area contributed by atoms with E-state index in [0.29, 0.717) is 18.4 Å². The summed E-state index contributed by atoms with van der Waals surface area (Å²) < 4.78 is 0. The van der Waals surface area contributed by atoms with Crippen LogP contribution in [-0.2, 0) is 13.0 Å². The maximum Gasteiger partial charge on any atom is 0.164 e. The summed E-state index contributed by atoms with van der Waals surface area (Å²) in [6, 6.07) is 11.9. The Morgan fingerprint density at radius 2 is 1.96 bits per heavy atom. The standard InChI is InChI=1S/C19H22N2O2.2ClH/c1-13-6-7-16(12-20-13)18(22)8-9-19(23)17-10-14-4-2-3-5-15(14)11-21-17;;/h2-7,12,17,19,21,23H,8-11H2,1H3;2*1H/t17-,19+;;/m0../s1. The van der Waals surface area contributed by atoms with Crippen molar-refractivity contribution >= 4 is 30.6 Å². The summed E-state index contributed by atoms with van der Waals surface area (Å²) in [6.45, 7) is 2.67. The summed E-state index contributed by atoms with van der Waals surface area (Å²) in [6.07, 6.45) is 2.69. The van der Waals surface area contributed by atoms with Crippen LogP contribution in [-0.4, -0.2) is 28.0 Å². The predicted molar refractivity (Wildman–Crippen MR) is 104 cm³/mol. The lowest BCUT2D eigenvalue weighted by molar-refractivity contribution is 0.0877. The molecular formula is C19H24Cl2N2O2. The number of aliphatic hydroxyl groups is 1. The van der Waals surface area contributed by atoms with Crippen molar-refractivity contribution in [2.75, 3.05) is 0 Å². The quantitative estimate of drug-likeness (QED) is 0.778. The number of pyridine rings is 1. The molecule has 1 aliphatic heterocycles. The van der Waals surface area contributed by atoms with Crippen molar-refractivity contribution in [1.29, 1.82) is 0 Å². The summed E-state index contributed by atoms with van der Waals surface area (Å²) in [5.41, 5.74) is 4.08. The largest absolute Gasteiger partial charge is 0.391 e. The number of Topliss-reactive ketones (excluding diaryl/α,β-unsaturated/α-hetero) is 1. The Bertz CT molecular complexity index is 692. The van der Waals surface area contributed by atoms with Crippen molar-refractivity contribution in [2.24, 2.45) is 0 Å². The molecule has 2 aromatic rings. The lowest BCUT2D eigenvalue weighted by Gasteiger charge is -2.29. The van der Waals surface area contributed by atoms with E-state index in [1.807, 2.05) is 25.1 Å². The van der Waals surface area contributed by atoms with E-state index in [9.17, 15) is 9.90 Å². The van der Waals surface area contributed by atoms with Gasteiger partial charge in [-0.05, 0) is 43.0 Å². The monoisotopic (exact) mass is 382 g/mol. The maximum atomic E-state index is 12.2. The molecule has 2 atom stereocenters. The van der Waals surface area contributed by atoms with Crippen LogP contribution in [0.15, 0.2) is 42.6 Å². The fourth-order valence-corrected chi connectivity index (χ4v) is 3.01. The molecule has 1 aromatic heterocycles. The second kappa shape index (κ2) is 9.88. The van der Waals surface area contributed by atoms with Gasteiger partial charge in [0.05, 0.1) is 6.10 Å². The summed E-state index contributed by atoms with van der Waals surface area (Å²) in [5, 5.41) is 13.8. The van der Waals surface area contributed by atoms with Crippen LogP contribution in [0.2, 0.25) is 0 Å². The fraction of sp³-hybridized carbons (Fsp3) is 0.368. The first kappa shape index (κ1) is 21.6. The van der Waals surface area contributed by atoms with Crippen molar-refractivity contribution in [3.8, 4) is 0 Å². The number of aromatic nitrogens is 1. The van der Waals surface area contributed by atoms with E-state index in [1.165, 1.54) is 11.1 Å². The molecule has 0 unspecified atom stereocenters. The average Bonchev–Trinajstić information content (AvgIpc) is 2.59. The van der Waals surface area contributed by atoms with E-state index in [0.717, 1.165) is 18.7 Å². The second-order valence-corrected chi connectivity index (χ2v) is 6.18. The molecule has 1 aliphatic rings. The molecule has 6 heteroatoms. The van der Waals surface area contributed by atoms with Gasteiger partial charge in [0.15, 0.2) is 5.78 Å². The number of aryl methyl sites for hydroxylation is 1. The Hall–Kier alpha value is -1.46. The first-order valence-corrected chi connectivity index (χ1v) is 8.07. The Balaban J connectivity index is 0.00000156. The fourth-order valence-electron chi connectivity index (χ4n) is 3.01. The number of hydrogen-bond acceptors (Lipinski definition) is 4. The molecule has 2 N–H and O–H groups in total. The number of nitrogens with one attached hydrogen (secondary N) is 1. The molecule has 4 nitrogen and oxygen atoms in total. The smallest absolute Gasteiger partial charge is 0.164 e. The molecule has 1 aromatic carbocycles. The highest BCUT2D eigenvalue weighted by molar-refractivity contribution is 5.95.